The predicted molar refractivity (Wildman–Crippen MR) is 59.2 cm³/mol. The zero-order chi connectivity index (χ0) is 10.8. The molecule has 3 nitrogen and oxygen atoms in total. The maximum Gasteiger partial charge on any atom is 0.334 e. The minimum atomic E-state index is -0.229. The Labute approximate surface area is 88.5 Å². The Bertz CT molecular complexity index is 435. The molecule has 3 heteroatoms. The molecule has 0 spiro atoms. The molecule has 1 aromatic carbocycles. The van der Waals surface area contributed by atoms with Crippen LogP contribution >= 0.6 is 0 Å². The standard InChI is InChI=1S/C12H13NO2/c1-2-15-12(14)10-5-8-3-4-11(13)7-9(8)6-10/h3-4,6-7H,2,5,13H2,1H3. The second-order valence-electron chi connectivity index (χ2n) is 3.53. The fraction of sp³-hybridized carbons (Fsp3) is 0.250. The first-order valence-electron chi connectivity index (χ1n) is 4.97. The molecule has 0 heterocycles. The molecule has 1 aliphatic rings. The molecule has 0 saturated carbocycles. The van der Waals surface area contributed by atoms with Gasteiger partial charge < -0.3 is 10.5 Å². The molecular weight excluding hydrogens is 190 g/mol. The SMILES string of the molecule is CCOC(=O)C1=Cc2cc(N)ccc2C1. The van der Waals surface area contributed by atoms with Gasteiger partial charge in [-0.3, -0.25) is 0 Å². The number of nitrogen functional groups attached to an aromatic ring is 1. The lowest BCUT2D eigenvalue weighted by molar-refractivity contribution is -0.138. The van der Waals surface area contributed by atoms with E-state index >= 15 is 0 Å². The first-order valence-corrected chi connectivity index (χ1v) is 4.97. The third-order valence-corrected chi connectivity index (χ3v) is 2.42. The van der Waals surface area contributed by atoms with Crippen LogP contribution in [0.5, 0.6) is 0 Å². The van der Waals surface area contributed by atoms with Gasteiger partial charge in [0.15, 0.2) is 0 Å². The zero-order valence-corrected chi connectivity index (χ0v) is 8.62. The molecule has 0 bridgehead atoms. The van der Waals surface area contributed by atoms with E-state index in [0.717, 1.165) is 16.8 Å². The normalized spacial score (nSPS) is 13.3. The van der Waals surface area contributed by atoms with Crippen LogP contribution in [0.15, 0.2) is 23.8 Å². The minimum absolute atomic E-state index is 0.229. The van der Waals surface area contributed by atoms with Crippen LogP contribution in [0, 0.1) is 0 Å². The average molecular weight is 203 g/mol. The molecule has 2 N–H and O–H groups in total. The summed E-state index contributed by atoms with van der Waals surface area (Å²) in [5.74, 6) is -0.229. The highest BCUT2D eigenvalue weighted by molar-refractivity contribution is 5.96. The van der Waals surface area contributed by atoms with Gasteiger partial charge in [0.1, 0.15) is 0 Å². The molecule has 1 aromatic rings. The smallest absolute Gasteiger partial charge is 0.334 e. The topological polar surface area (TPSA) is 52.3 Å². The van der Waals surface area contributed by atoms with E-state index in [9.17, 15) is 4.79 Å². The van der Waals surface area contributed by atoms with Crippen LogP contribution in [-0.2, 0) is 16.0 Å². The lowest BCUT2D eigenvalue weighted by atomic mass is 10.1. The summed E-state index contributed by atoms with van der Waals surface area (Å²) in [6.07, 6.45) is 2.50. The molecule has 0 unspecified atom stereocenters. The Morgan fingerprint density at radius 3 is 3.07 bits per heavy atom. The number of nitrogens with two attached hydrogens (primary N) is 1. The summed E-state index contributed by atoms with van der Waals surface area (Å²) in [4.78, 5) is 11.5. The average Bonchev–Trinajstić information content (AvgIpc) is 2.60. The monoisotopic (exact) mass is 203 g/mol. The number of esters is 1. The molecule has 0 radical (unpaired) electrons. The van der Waals surface area contributed by atoms with Crippen LogP contribution in [0.1, 0.15) is 18.1 Å². The van der Waals surface area contributed by atoms with E-state index in [2.05, 4.69) is 0 Å². The molecule has 15 heavy (non-hydrogen) atoms. The number of carbonyl (C=O) groups excluding carboxylic acids is 1. The molecule has 0 aliphatic heterocycles. The Morgan fingerprint density at radius 2 is 2.33 bits per heavy atom. The van der Waals surface area contributed by atoms with Crippen LogP contribution in [0.2, 0.25) is 0 Å². The lowest BCUT2D eigenvalue weighted by Gasteiger charge is -2.01. The summed E-state index contributed by atoms with van der Waals surface area (Å²) in [6, 6.07) is 5.68. The van der Waals surface area contributed by atoms with Crippen LogP contribution in [-0.4, -0.2) is 12.6 Å². The highest BCUT2D eigenvalue weighted by atomic mass is 16.5. The fourth-order valence-corrected chi connectivity index (χ4v) is 1.71. The van der Waals surface area contributed by atoms with E-state index in [1.807, 2.05) is 24.3 Å². The maximum absolute atomic E-state index is 11.5. The highest BCUT2D eigenvalue weighted by Gasteiger charge is 2.19. The summed E-state index contributed by atoms with van der Waals surface area (Å²) in [5.41, 5.74) is 9.25. The molecule has 0 amide bonds. The first-order chi connectivity index (χ1) is 7.20. The second kappa shape index (κ2) is 3.77. The highest BCUT2D eigenvalue weighted by Crippen LogP contribution is 2.27. The minimum Gasteiger partial charge on any atom is -0.463 e. The van der Waals surface area contributed by atoms with Crippen LogP contribution in [0.25, 0.3) is 6.08 Å². The Kier molecular flexibility index (Phi) is 2.46. The summed E-state index contributed by atoms with van der Waals surface area (Å²) in [5, 5.41) is 0. The lowest BCUT2D eigenvalue weighted by Crippen LogP contribution is -2.07. The van der Waals surface area contributed by atoms with Gasteiger partial charge in [-0.05, 0) is 36.3 Å². The molecule has 0 fully saturated rings. The van der Waals surface area contributed by atoms with E-state index in [4.69, 9.17) is 10.5 Å². The molecule has 2 rings (SSSR count). The number of fused-ring (bicyclic) bond motifs is 1. The number of carbonyl (C=O) groups is 1. The van der Waals surface area contributed by atoms with Crippen molar-refractivity contribution in [2.75, 3.05) is 12.3 Å². The van der Waals surface area contributed by atoms with Crippen LogP contribution < -0.4 is 5.73 Å². The van der Waals surface area contributed by atoms with Crippen LogP contribution in [0.4, 0.5) is 5.69 Å². The predicted octanol–water partition coefficient (Wildman–Crippen LogP) is 1.77. The van der Waals surface area contributed by atoms with Gasteiger partial charge in [-0.2, -0.15) is 0 Å². The van der Waals surface area contributed by atoms with Crippen LogP contribution in [0.3, 0.4) is 0 Å². The number of hydrogen-bond acceptors (Lipinski definition) is 3. The van der Waals surface area contributed by atoms with Crippen molar-refractivity contribution in [1.29, 1.82) is 0 Å². The molecule has 0 atom stereocenters. The van der Waals surface area contributed by atoms with E-state index in [1.165, 1.54) is 0 Å². The van der Waals surface area contributed by atoms with E-state index < -0.39 is 0 Å². The van der Waals surface area contributed by atoms with Gasteiger partial charge in [0.25, 0.3) is 0 Å². The molecular formula is C12H13NO2. The summed E-state index contributed by atoms with van der Waals surface area (Å²) in [6.45, 7) is 2.22. The van der Waals surface area contributed by atoms with Crippen molar-refractivity contribution in [3.05, 3.63) is 34.9 Å². The number of ether oxygens (including phenoxy) is 1. The Morgan fingerprint density at radius 1 is 1.53 bits per heavy atom. The van der Waals surface area contributed by atoms with Crippen molar-refractivity contribution in [1.82, 2.24) is 0 Å². The molecule has 0 saturated heterocycles. The zero-order valence-electron chi connectivity index (χ0n) is 8.62. The summed E-state index contributed by atoms with van der Waals surface area (Å²) in [7, 11) is 0. The molecule has 78 valence electrons. The van der Waals surface area contributed by atoms with Gasteiger partial charge in [-0.25, -0.2) is 4.79 Å². The molecule has 0 aromatic heterocycles. The van der Waals surface area contributed by atoms with Crippen molar-refractivity contribution in [3.63, 3.8) is 0 Å². The summed E-state index contributed by atoms with van der Waals surface area (Å²) >= 11 is 0. The largest absolute Gasteiger partial charge is 0.463 e. The van der Waals surface area contributed by atoms with E-state index in [0.29, 0.717) is 18.6 Å². The van der Waals surface area contributed by atoms with Crippen molar-refractivity contribution in [2.24, 2.45) is 0 Å². The van der Waals surface area contributed by atoms with Gasteiger partial charge in [0.05, 0.1) is 6.61 Å². The van der Waals surface area contributed by atoms with Gasteiger partial charge in [-0.1, -0.05) is 6.07 Å². The van der Waals surface area contributed by atoms with Gasteiger partial charge >= 0.3 is 5.97 Å². The van der Waals surface area contributed by atoms with Gasteiger partial charge in [0.2, 0.25) is 0 Å². The van der Waals surface area contributed by atoms with Crippen molar-refractivity contribution >= 4 is 17.7 Å². The number of hydrogen-bond donors (Lipinski definition) is 1. The van der Waals surface area contributed by atoms with Crippen molar-refractivity contribution < 1.29 is 9.53 Å². The fourth-order valence-electron chi connectivity index (χ4n) is 1.71. The maximum atomic E-state index is 11.5. The third-order valence-electron chi connectivity index (χ3n) is 2.42. The van der Waals surface area contributed by atoms with Crippen molar-refractivity contribution in [2.45, 2.75) is 13.3 Å². The number of rotatable bonds is 2. The second-order valence-corrected chi connectivity index (χ2v) is 3.53. The first kappa shape index (κ1) is 9.77. The third kappa shape index (κ3) is 1.86. The van der Waals surface area contributed by atoms with E-state index in [1.54, 1.807) is 6.92 Å². The molecule has 1 aliphatic carbocycles. The number of anilines is 1. The quantitative estimate of drug-likeness (QED) is 0.588. The van der Waals surface area contributed by atoms with E-state index in [-0.39, 0.29) is 5.97 Å². The Hall–Kier alpha value is -1.77. The number of benzene rings is 1. The summed E-state index contributed by atoms with van der Waals surface area (Å²) < 4.78 is 4.95. The van der Waals surface area contributed by atoms with Gasteiger partial charge in [-0.15, -0.1) is 0 Å². The van der Waals surface area contributed by atoms with Crippen molar-refractivity contribution in [3.8, 4) is 0 Å². The Balaban J connectivity index is 2.23. The van der Waals surface area contributed by atoms with Gasteiger partial charge in [0, 0.05) is 17.7 Å².